The molecule has 3 aromatic rings. The summed E-state index contributed by atoms with van der Waals surface area (Å²) in [6.45, 7) is 0.357. The summed E-state index contributed by atoms with van der Waals surface area (Å²) < 4.78 is 37.8. The van der Waals surface area contributed by atoms with Crippen LogP contribution in [0.25, 0.3) is 6.08 Å². The van der Waals surface area contributed by atoms with Crippen molar-refractivity contribution in [3.05, 3.63) is 65.2 Å². The maximum atomic E-state index is 12.4. The van der Waals surface area contributed by atoms with Gasteiger partial charge in [0.1, 0.15) is 18.2 Å². The Labute approximate surface area is 189 Å². The number of methoxy groups -OCH3 is 1. The van der Waals surface area contributed by atoms with Crippen molar-refractivity contribution in [2.75, 3.05) is 18.7 Å². The van der Waals surface area contributed by atoms with Gasteiger partial charge in [-0.25, -0.2) is 8.42 Å². The number of hydrogen-bond donors (Lipinski definition) is 1. The highest BCUT2D eigenvalue weighted by Gasteiger charge is 2.17. The summed E-state index contributed by atoms with van der Waals surface area (Å²) in [5.41, 5.74) is 1.33. The van der Waals surface area contributed by atoms with Crippen molar-refractivity contribution >= 4 is 38.5 Å². The third-order valence-electron chi connectivity index (χ3n) is 4.06. The number of nitrogens with one attached hydrogen (secondary N) is 1. The Bertz CT molecular complexity index is 1300. The Morgan fingerprint density at radius 3 is 2.59 bits per heavy atom. The average Bonchev–Trinajstić information content (AvgIpc) is 3.26. The summed E-state index contributed by atoms with van der Waals surface area (Å²) >= 11 is 0.705. The highest BCUT2D eigenvalue weighted by Crippen LogP contribution is 2.30. The molecule has 1 heterocycles. The van der Waals surface area contributed by atoms with E-state index in [-0.39, 0.29) is 10.7 Å². The zero-order chi connectivity index (χ0) is 23.1. The molecule has 0 atom stereocenters. The van der Waals surface area contributed by atoms with Crippen LogP contribution in [-0.4, -0.2) is 37.0 Å². The fraction of sp³-hybridized carbons (Fsp3) is 0.143. The predicted octanol–water partition coefficient (Wildman–Crippen LogP) is 3.07. The van der Waals surface area contributed by atoms with Crippen LogP contribution in [-0.2, 0) is 21.2 Å². The maximum Gasteiger partial charge on any atom is 0.268 e. The molecule has 11 heteroatoms. The lowest BCUT2D eigenvalue weighted by atomic mass is 10.1. The van der Waals surface area contributed by atoms with Crippen molar-refractivity contribution in [2.24, 2.45) is 0 Å². The standard InChI is InChI=1S/C21H18N4O5S2/c1-29-18-11-15(8-9-17(18)30-13-14-6-4-3-5-7-14)10-16(12-22)19(26)23-20-24-21(25-31-20)32(2,27)28/h3-11H,13H2,1-2H3,(H,23,24,25,26)/b16-10-. The zero-order valence-electron chi connectivity index (χ0n) is 17.1. The molecule has 164 valence electrons. The molecule has 0 saturated heterocycles. The number of carbonyl (C=O) groups excluding carboxylic acids is 1. The summed E-state index contributed by atoms with van der Waals surface area (Å²) in [5.74, 6) is 0.208. The lowest BCUT2D eigenvalue weighted by molar-refractivity contribution is -0.112. The van der Waals surface area contributed by atoms with Gasteiger partial charge in [-0.3, -0.25) is 10.1 Å². The van der Waals surface area contributed by atoms with Gasteiger partial charge in [0.25, 0.3) is 11.1 Å². The van der Waals surface area contributed by atoms with E-state index in [1.165, 1.54) is 13.2 Å². The second kappa shape index (κ2) is 10.0. The van der Waals surface area contributed by atoms with Gasteiger partial charge in [0.2, 0.25) is 15.0 Å². The van der Waals surface area contributed by atoms with E-state index in [0.717, 1.165) is 11.8 Å². The molecule has 1 N–H and O–H groups in total. The van der Waals surface area contributed by atoms with Gasteiger partial charge in [-0.1, -0.05) is 36.4 Å². The number of ether oxygens (including phenoxy) is 2. The molecule has 0 aliphatic rings. The summed E-state index contributed by atoms with van der Waals surface area (Å²) in [4.78, 5) is 16.2. The van der Waals surface area contributed by atoms with E-state index in [2.05, 4.69) is 14.7 Å². The van der Waals surface area contributed by atoms with Gasteiger partial charge in [0, 0.05) is 17.8 Å². The van der Waals surface area contributed by atoms with Crippen molar-refractivity contribution in [3.8, 4) is 17.6 Å². The highest BCUT2D eigenvalue weighted by molar-refractivity contribution is 7.90. The molecule has 0 bridgehead atoms. The molecule has 0 aliphatic carbocycles. The Morgan fingerprint density at radius 2 is 1.97 bits per heavy atom. The van der Waals surface area contributed by atoms with E-state index in [1.807, 2.05) is 36.4 Å². The number of amides is 1. The van der Waals surface area contributed by atoms with Crippen LogP contribution in [0.1, 0.15) is 11.1 Å². The molecule has 0 unspecified atom stereocenters. The first-order valence-electron chi connectivity index (χ1n) is 9.12. The third-order valence-corrected chi connectivity index (χ3v) is 5.65. The van der Waals surface area contributed by atoms with Crippen LogP contribution in [0, 0.1) is 11.3 Å². The number of carbonyl (C=O) groups is 1. The minimum atomic E-state index is -3.60. The molecule has 0 fully saturated rings. The van der Waals surface area contributed by atoms with Crippen molar-refractivity contribution in [1.29, 1.82) is 5.26 Å². The van der Waals surface area contributed by atoms with Crippen LogP contribution in [0.3, 0.4) is 0 Å². The summed E-state index contributed by atoms with van der Waals surface area (Å²) in [6.07, 6.45) is 2.33. The van der Waals surface area contributed by atoms with Crippen LogP contribution < -0.4 is 14.8 Å². The number of anilines is 1. The Balaban J connectivity index is 1.75. The second-order valence-electron chi connectivity index (χ2n) is 6.46. The average molecular weight is 471 g/mol. The SMILES string of the molecule is COc1cc(/C=C(/C#N)C(=O)Nc2nc(S(C)(=O)=O)ns2)ccc1OCc1ccccc1. The number of hydrogen-bond acceptors (Lipinski definition) is 9. The first-order chi connectivity index (χ1) is 15.3. The van der Waals surface area contributed by atoms with Gasteiger partial charge >= 0.3 is 0 Å². The topological polar surface area (TPSA) is 131 Å². The second-order valence-corrected chi connectivity index (χ2v) is 9.12. The van der Waals surface area contributed by atoms with Gasteiger partial charge in [-0.05, 0) is 29.3 Å². The van der Waals surface area contributed by atoms with Gasteiger partial charge in [-0.2, -0.15) is 14.6 Å². The van der Waals surface area contributed by atoms with Crippen molar-refractivity contribution in [3.63, 3.8) is 0 Å². The number of aromatic nitrogens is 2. The van der Waals surface area contributed by atoms with Crippen molar-refractivity contribution < 1.29 is 22.7 Å². The first kappa shape index (κ1) is 22.9. The van der Waals surface area contributed by atoms with E-state index in [0.29, 0.717) is 35.2 Å². The number of nitriles is 1. The smallest absolute Gasteiger partial charge is 0.268 e. The van der Waals surface area contributed by atoms with E-state index in [9.17, 15) is 18.5 Å². The molecule has 32 heavy (non-hydrogen) atoms. The summed E-state index contributed by atoms with van der Waals surface area (Å²) in [7, 11) is -2.10. The van der Waals surface area contributed by atoms with E-state index < -0.39 is 20.9 Å². The monoisotopic (exact) mass is 470 g/mol. The molecular weight excluding hydrogens is 452 g/mol. The van der Waals surface area contributed by atoms with E-state index >= 15 is 0 Å². The minimum Gasteiger partial charge on any atom is -0.493 e. The predicted molar refractivity (Wildman–Crippen MR) is 119 cm³/mol. The molecule has 0 aliphatic heterocycles. The molecule has 0 saturated carbocycles. The molecule has 9 nitrogen and oxygen atoms in total. The Morgan fingerprint density at radius 1 is 1.22 bits per heavy atom. The lowest BCUT2D eigenvalue weighted by Gasteiger charge is -2.11. The quantitative estimate of drug-likeness (QED) is 0.392. The van der Waals surface area contributed by atoms with E-state index in [4.69, 9.17) is 9.47 Å². The van der Waals surface area contributed by atoms with Crippen molar-refractivity contribution in [2.45, 2.75) is 11.8 Å². The first-order valence-corrected chi connectivity index (χ1v) is 11.8. The molecule has 3 rings (SSSR count). The number of rotatable bonds is 8. The zero-order valence-corrected chi connectivity index (χ0v) is 18.7. The largest absolute Gasteiger partial charge is 0.493 e. The van der Waals surface area contributed by atoms with Crippen LogP contribution in [0.2, 0.25) is 0 Å². The number of sulfone groups is 1. The van der Waals surface area contributed by atoms with Crippen molar-refractivity contribution in [1.82, 2.24) is 9.36 Å². The molecule has 1 aromatic heterocycles. The third kappa shape index (κ3) is 5.90. The van der Waals surface area contributed by atoms with Gasteiger partial charge in [-0.15, -0.1) is 0 Å². The Hall–Kier alpha value is -3.75. The lowest BCUT2D eigenvalue weighted by Crippen LogP contribution is -2.13. The van der Waals surface area contributed by atoms with Gasteiger partial charge in [0.15, 0.2) is 11.5 Å². The van der Waals surface area contributed by atoms with Gasteiger partial charge in [0.05, 0.1) is 7.11 Å². The van der Waals surface area contributed by atoms with Crippen LogP contribution in [0.5, 0.6) is 11.5 Å². The molecule has 0 spiro atoms. The maximum absolute atomic E-state index is 12.4. The van der Waals surface area contributed by atoms with Crippen LogP contribution >= 0.6 is 11.5 Å². The minimum absolute atomic E-state index is 0.0289. The molecule has 1 amide bonds. The summed E-state index contributed by atoms with van der Waals surface area (Å²) in [5, 5.41) is 11.4. The fourth-order valence-corrected chi connectivity index (χ4v) is 3.96. The Kier molecular flexibility index (Phi) is 7.19. The van der Waals surface area contributed by atoms with E-state index in [1.54, 1.807) is 18.2 Å². The van der Waals surface area contributed by atoms with Crippen LogP contribution in [0.4, 0.5) is 5.13 Å². The molecular formula is C21H18N4O5S2. The van der Waals surface area contributed by atoms with Gasteiger partial charge < -0.3 is 9.47 Å². The molecule has 0 radical (unpaired) electrons. The summed E-state index contributed by atoms with van der Waals surface area (Å²) in [6, 6.07) is 16.5. The van der Waals surface area contributed by atoms with Crippen LogP contribution in [0.15, 0.2) is 59.3 Å². The number of nitrogens with zero attached hydrogens (tertiary/aromatic N) is 3. The molecule has 2 aromatic carbocycles. The fourth-order valence-electron chi connectivity index (χ4n) is 2.52. The highest BCUT2D eigenvalue weighted by atomic mass is 32.2. The number of benzene rings is 2. The normalized spacial score (nSPS) is 11.5.